The molecule has 1 atom stereocenters. The van der Waals surface area contributed by atoms with Crippen LogP contribution in [-0.4, -0.2) is 53.8 Å². The van der Waals surface area contributed by atoms with E-state index >= 15 is 0 Å². The largest absolute Gasteiger partial charge is 0.497 e. The Morgan fingerprint density at radius 2 is 1.91 bits per heavy atom. The maximum atomic E-state index is 12.6. The first kappa shape index (κ1) is 22.7. The van der Waals surface area contributed by atoms with E-state index in [-0.39, 0.29) is 17.9 Å². The van der Waals surface area contributed by atoms with Crippen molar-refractivity contribution in [3.05, 3.63) is 70.2 Å². The summed E-state index contributed by atoms with van der Waals surface area (Å²) in [6.45, 7) is 1.89. The van der Waals surface area contributed by atoms with Gasteiger partial charge in [-0.3, -0.25) is 4.79 Å². The van der Waals surface area contributed by atoms with Gasteiger partial charge in [-0.25, -0.2) is 4.79 Å². The first-order valence-electron chi connectivity index (χ1n) is 11.0. The smallest absolute Gasteiger partial charge is 0.317 e. The van der Waals surface area contributed by atoms with Crippen LogP contribution in [0, 0.1) is 0 Å². The third-order valence-corrected chi connectivity index (χ3v) is 6.66. The number of benzene rings is 2. The van der Waals surface area contributed by atoms with Gasteiger partial charge in [-0.2, -0.15) is 0 Å². The molecule has 0 aliphatic carbocycles. The predicted molar refractivity (Wildman–Crippen MR) is 128 cm³/mol. The van der Waals surface area contributed by atoms with Gasteiger partial charge in [-0.15, -0.1) is 10.2 Å². The molecular formula is C24H27N5O3S. The summed E-state index contributed by atoms with van der Waals surface area (Å²) in [5.41, 5.74) is 1.86. The number of carbonyl (C=O) groups excluding carboxylic acids is 2. The van der Waals surface area contributed by atoms with E-state index in [0.29, 0.717) is 23.8 Å². The number of urea groups is 1. The van der Waals surface area contributed by atoms with Crippen molar-refractivity contribution >= 4 is 29.0 Å². The average Bonchev–Trinajstić information content (AvgIpc) is 3.36. The minimum absolute atomic E-state index is 0.0578. The van der Waals surface area contributed by atoms with Crippen molar-refractivity contribution in [1.82, 2.24) is 20.4 Å². The van der Waals surface area contributed by atoms with E-state index in [9.17, 15) is 9.59 Å². The third kappa shape index (κ3) is 6.07. The quantitative estimate of drug-likeness (QED) is 0.551. The fourth-order valence-corrected chi connectivity index (χ4v) is 4.65. The highest BCUT2D eigenvalue weighted by Crippen LogP contribution is 2.29. The number of methoxy groups -OCH3 is 1. The van der Waals surface area contributed by atoms with E-state index in [1.807, 2.05) is 23.1 Å². The molecule has 172 valence electrons. The summed E-state index contributed by atoms with van der Waals surface area (Å²) in [5.74, 6) is 0.506. The number of aromatic nitrogens is 2. The van der Waals surface area contributed by atoms with E-state index in [1.54, 1.807) is 31.4 Å². The molecule has 2 aromatic carbocycles. The molecule has 1 fully saturated rings. The van der Waals surface area contributed by atoms with Crippen LogP contribution in [0.2, 0.25) is 0 Å². The minimum atomic E-state index is -0.296. The molecule has 8 nitrogen and oxygen atoms in total. The molecule has 0 spiro atoms. The van der Waals surface area contributed by atoms with Crippen LogP contribution in [0.5, 0.6) is 5.75 Å². The summed E-state index contributed by atoms with van der Waals surface area (Å²) >= 11 is 1.29. The Morgan fingerprint density at radius 3 is 2.67 bits per heavy atom. The zero-order valence-corrected chi connectivity index (χ0v) is 19.3. The highest BCUT2D eigenvalue weighted by Gasteiger charge is 2.28. The number of carbonyl (C=O) groups is 2. The van der Waals surface area contributed by atoms with Crippen molar-refractivity contribution in [1.29, 1.82) is 0 Å². The fourth-order valence-electron chi connectivity index (χ4n) is 3.78. The Morgan fingerprint density at radius 1 is 1.12 bits per heavy atom. The second-order valence-corrected chi connectivity index (χ2v) is 8.89. The van der Waals surface area contributed by atoms with Gasteiger partial charge >= 0.3 is 6.03 Å². The summed E-state index contributed by atoms with van der Waals surface area (Å²) in [6, 6.07) is 17.1. The molecule has 33 heavy (non-hydrogen) atoms. The van der Waals surface area contributed by atoms with Crippen molar-refractivity contribution in [2.75, 3.05) is 32.1 Å². The van der Waals surface area contributed by atoms with Crippen molar-refractivity contribution < 1.29 is 14.3 Å². The molecule has 3 amide bonds. The molecular weight excluding hydrogens is 438 g/mol. The van der Waals surface area contributed by atoms with Gasteiger partial charge in [0.25, 0.3) is 5.91 Å². The van der Waals surface area contributed by atoms with E-state index in [2.05, 4.69) is 33.0 Å². The maximum Gasteiger partial charge on any atom is 0.317 e. The number of amides is 3. The van der Waals surface area contributed by atoms with Gasteiger partial charge in [0.2, 0.25) is 5.01 Å². The Bertz CT molecular complexity index is 1070. The van der Waals surface area contributed by atoms with Crippen LogP contribution in [-0.2, 0) is 6.42 Å². The monoisotopic (exact) mass is 465 g/mol. The second kappa shape index (κ2) is 10.9. The van der Waals surface area contributed by atoms with Crippen LogP contribution in [0.1, 0.15) is 39.1 Å². The highest BCUT2D eigenvalue weighted by molar-refractivity contribution is 7.13. The van der Waals surface area contributed by atoms with Crippen LogP contribution < -0.4 is 15.4 Å². The van der Waals surface area contributed by atoms with Crippen molar-refractivity contribution in [2.45, 2.75) is 25.2 Å². The lowest BCUT2D eigenvalue weighted by Gasteiger charge is -2.31. The SMILES string of the molecule is COc1ccc(NC(=O)c2nnc([C@@H]3CCCN(C(=O)NCCc4ccccc4)C3)s2)cc1. The lowest BCUT2D eigenvalue weighted by atomic mass is 9.99. The molecule has 1 aliphatic rings. The topological polar surface area (TPSA) is 96.4 Å². The first-order valence-corrected chi connectivity index (χ1v) is 11.8. The van der Waals surface area contributed by atoms with Crippen molar-refractivity contribution in [3.63, 3.8) is 0 Å². The van der Waals surface area contributed by atoms with Gasteiger partial charge in [-0.05, 0) is 49.1 Å². The Kier molecular flexibility index (Phi) is 7.51. The van der Waals surface area contributed by atoms with Crippen LogP contribution in [0.4, 0.5) is 10.5 Å². The zero-order chi connectivity index (χ0) is 23.0. The molecule has 0 radical (unpaired) electrons. The van der Waals surface area contributed by atoms with Crippen LogP contribution in [0.25, 0.3) is 0 Å². The fraction of sp³-hybridized carbons (Fsp3) is 0.333. The average molecular weight is 466 g/mol. The molecule has 0 unspecified atom stereocenters. The van der Waals surface area contributed by atoms with Gasteiger partial charge in [0.15, 0.2) is 0 Å². The molecule has 0 bridgehead atoms. The molecule has 3 aromatic rings. The molecule has 9 heteroatoms. The minimum Gasteiger partial charge on any atom is -0.497 e. The number of ether oxygens (including phenoxy) is 1. The van der Waals surface area contributed by atoms with Crippen LogP contribution >= 0.6 is 11.3 Å². The number of nitrogens with one attached hydrogen (secondary N) is 2. The number of hydrogen-bond donors (Lipinski definition) is 2. The molecule has 0 saturated carbocycles. The molecule has 2 N–H and O–H groups in total. The summed E-state index contributed by atoms with van der Waals surface area (Å²) in [4.78, 5) is 27.0. The number of piperidine rings is 1. The van der Waals surface area contributed by atoms with E-state index in [1.165, 1.54) is 16.9 Å². The lowest BCUT2D eigenvalue weighted by molar-refractivity contribution is 0.102. The maximum absolute atomic E-state index is 12.6. The van der Waals surface area contributed by atoms with Gasteiger partial charge in [0, 0.05) is 31.2 Å². The third-order valence-electron chi connectivity index (χ3n) is 5.57. The van der Waals surface area contributed by atoms with Gasteiger partial charge < -0.3 is 20.3 Å². The van der Waals surface area contributed by atoms with E-state index in [4.69, 9.17) is 4.74 Å². The number of rotatable bonds is 7. The van der Waals surface area contributed by atoms with Gasteiger partial charge in [0.05, 0.1) is 7.11 Å². The Balaban J connectivity index is 1.29. The molecule has 1 aromatic heterocycles. The Hall–Kier alpha value is -3.46. The first-order chi connectivity index (χ1) is 16.1. The number of anilines is 1. The van der Waals surface area contributed by atoms with Crippen molar-refractivity contribution in [3.8, 4) is 5.75 Å². The van der Waals surface area contributed by atoms with Crippen LogP contribution in [0.15, 0.2) is 54.6 Å². The Labute approximate surface area is 197 Å². The van der Waals surface area contributed by atoms with E-state index in [0.717, 1.165) is 36.6 Å². The molecule has 1 saturated heterocycles. The second-order valence-electron chi connectivity index (χ2n) is 7.88. The van der Waals surface area contributed by atoms with Crippen LogP contribution in [0.3, 0.4) is 0 Å². The van der Waals surface area contributed by atoms with Gasteiger partial charge in [-0.1, -0.05) is 41.7 Å². The number of likely N-dealkylation sites (tertiary alicyclic amines) is 1. The predicted octanol–water partition coefficient (Wildman–Crippen LogP) is 3.93. The lowest BCUT2D eigenvalue weighted by Crippen LogP contribution is -2.45. The zero-order valence-electron chi connectivity index (χ0n) is 18.5. The summed E-state index contributed by atoms with van der Waals surface area (Å²) in [5, 5.41) is 15.3. The molecule has 1 aliphatic heterocycles. The number of nitrogens with zero attached hydrogens (tertiary/aromatic N) is 3. The normalized spacial score (nSPS) is 15.7. The van der Waals surface area contributed by atoms with E-state index < -0.39 is 0 Å². The molecule has 4 rings (SSSR count). The van der Waals surface area contributed by atoms with Gasteiger partial charge in [0.1, 0.15) is 10.8 Å². The highest BCUT2D eigenvalue weighted by atomic mass is 32.1. The summed E-state index contributed by atoms with van der Waals surface area (Å²) in [6.07, 6.45) is 2.61. The van der Waals surface area contributed by atoms with Crippen molar-refractivity contribution in [2.24, 2.45) is 0 Å². The summed E-state index contributed by atoms with van der Waals surface area (Å²) < 4.78 is 5.13. The molecule has 2 heterocycles. The number of hydrogen-bond acceptors (Lipinski definition) is 6. The standard InChI is InChI=1S/C24H27N5O3S/c1-32-20-11-9-19(10-12-20)26-21(30)23-28-27-22(33-23)18-8-5-15-29(16-18)24(31)25-14-13-17-6-3-2-4-7-17/h2-4,6-7,9-12,18H,5,8,13-16H2,1H3,(H,25,31)(H,26,30)/t18-/m1/s1. The summed E-state index contributed by atoms with van der Waals surface area (Å²) in [7, 11) is 1.59.